The van der Waals surface area contributed by atoms with Crippen LogP contribution in [0.3, 0.4) is 0 Å². The van der Waals surface area contributed by atoms with Gasteiger partial charge in [0, 0.05) is 25.3 Å². The van der Waals surface area contributed by atoms with Crippen LogP contribution in [0.2, 0.25) is 0 Å². The molecular weight excluding hydrogens is 278 g/mol. The molecule has 0 bridgehead atoms. The first-order valence-corrected chi connectivity index (χ1v) is 8.11. The average molecular weight is 299 g/mol. The second kappa shape index (κ2) is 6.17. The molecule has 0 amide bonds. The van der Waals surface area contributed by atoms with Crippen LogP contribution in [0.1, 0.15) is 18.4 Å². The van der Waals surface area contributed by atoms with Crippen molar-refractivity contribution < 1.29 is 13.5 Å². The number of rotatable bonds is 4. The molecule has 2 rings (SSSR count). The highest BCUT2D eigenvalue weighted by Crippen LogP contribution is 2.21. The fourth-order valence-electron chi connectivity index (χ4n) is 2.35. The number of piperidine rings is 1. The molecule has 0 aromatic carbocycles. The van der Waals surface area contributed by atoms with Crippen LogP contribution < -0.4 is 0 Å². The van der Waals surface area contributed by atoms with Gasteiger partial charge in [-0.25, -0.2) is 13.4 Å². The van der Waals surface area contributed by atoms with E-state index in [1.54, 1.807) is 6.07 Å². The second-order valence-corrected chi connectivity index (χ2v) is 7.17. The Hall–Kier alpha value is -1.02. The van der Waals surface area contributed by atoms with Crippen molar-refractivity contribution in [2.45, 2.75) is 30.5 Å². The first kappa shape index (κ1) is 15.4. The Morgan fingerprint density at radius 3 is 2.75 bits per heavy atom. The van der Waals surface area contributed by atoms with Crippen molar-refractivity contribution in [3.05, 3.63) is 23.9 Å². The Bertz CT molecular complexity index is 542. The molecule has 1 aromatic rings. The van der Waals surface area contributed by atoms with Gasteiger partial charge in [-0.3, -0.25) is 0 Å². The molecule has 1 saturated heterocycles. The zero-order valence-corrected chi connectivity index (χ0v) is 12.7. The van der Waals surface area contributed by atoms with Crippen molar-refractivity contribution >= 4 is 10.0 Å². The van der Waals surface area contributed by atoms with Gasteiger partial charge >= 0.3 is 0 Å². The number of aliphatic hydroxyl groups excluding tert-OH is 1. The van der Waals surface area contributed by atoms with Gasteiger partial charge in [-0.05, 0) is 38.6 Å². The maximum absolute atomic E-state index is 12.5. The molecule has 1 atom stereocenters. The Morgan fingerprint density at radius 1 is 1.45 bits per heavy atom. The number of likely N-dealkylation sites (N-methyl/N-ethyl adjacent to an activating group) is 1. The number of aliphatic hydroxyl groups is 1. The molecule has 2 heterocycles. The van der Waals surface area contributed by atoms with Crippen LogP contribution in [0.5, 0.6) is 0 Å². The SMILES string of the molecule is CN(C)C1CCCN(S(=O)(=O)c2ccc(CO)cn2)C1. The highest BCUT2D eigenvalue weighted by Gasteiger charge is 2.31. The minimum Gasteiger partial charge on any atom is -0.392 e. The predicted molar refractivity (Wildman–Crippen MR) is 75.6 cm³/mol. The summed E-state index contributed by atoms with van der Waals surface area (Å²) in [6.07, 6.45) is 3.27. The van der Waals surface area contributed by atoms with E-state index >= 15 is 0 Å². The largest absolute Gasteiger partial charge is 0.392 e. The van der Waals surface area contributed by atoms with Crippen LogP contribution in [0, 0.1) is 0 Å². The molecule has 7 heteroatoms. The molecule has 1 N–H and O–H groups in total. The summed E-state index contributed by atoms with van der Waals surface area (Å²) in [5, 5.41) is 9.02. The van der Waals surface area contributed by atoms with Gasteiger partial charge in [0.05, 0.1) is 6.61 Å². The highest BCUT2D eigenvalue weighted by molar-refractivity contribution is 7.89. The summed E-state index contributed by atoms with van der Waals surface area (Å²) in [7, 11) is 0.395. The molecule has 0 radical (unpaired) electrons. The van der Waals surface area contributed by atoms with Crippen molar-refractivity contribution in [1.82, 2.24) is 14.2 Å². The molecule has 112 valence electrons. The number of hydrogen-bond donors (Lipinski definition) is 1. The van der Waals surface area contributed by atoms with Crippen LogP contribution in [0.15, 0.2) is 23.4 Å². The van der Waals surface area contributed by atoms with Gasteiger partial charge in [-0.2, -0.15) is 4.31 Å². The molecule has 1 aliphatic rings. The molecule has 20 heavy (non-hydrogen) atoms. The highest BCUT2D eigenvalue weighted by atomic mass is 32.2. The fourth-order valence-corrected chi connectivity index (χ4v) is 3.78. The lowest BCUT2D eigenvalue weighted by Crippen LogP contribution is -2.47. The predicted octanol–water partition coefficient (Wildman–Crippen LogP) is 0.289. The Kier molecular flexibility index (Phi) is 4.74. The minimum atomic E-state index is -3.54. The zero-order valence-electron chi connectivity index (χ0n) is 11.9. The van der Waals surface area contributed by atoms with E-state index in [2.05, 4.69) is 9.88 Å². The van der Waals surface area contributed by atoms with Gasteiger partial charge in [-0.15, -0.1) is 0 Å². The molecule has 0 aliphatic carbocycles. The van der Waals surface area contributed by atoms with Crippen molar-refractivity contribution in [1.29, 1.82) is 0 Å². The lowest BCUT2D eigenvalue weighted by Gasteiger charge is -2.35. The lowest BCUT2D eigenvalue weighted by molar-refractivity contribution is 0.190. The molecule has 1 aliphatic heterocycles. The molecule has 6 nitrogen and oxygen atoms in total. The number of aromatic nitrogens is 1. The van der Waals surface area contributed by atoms with Gasteiger partial charge in [0.2, 0.25) is 0 Å². The van der Waals surface area contributed by atoms with Crippen molar-refractivity contribution in [3.63, 3.8) is 0 Å². The van der Waals surface area contributed by atoms with E-state index in [0.717, 1.165) is 12.8 Å². The van der Waals surface area contributed by atoms with E-state index in [4.69, 9.17) is 5.11 Å². The Morgan fingerprint density at radius 2 is 2.20 bits per heavy atom. The van der Waals surface area contributed by atoms with Crippen LogP contribution >= 0.6 is 0 Å². The van der Waals surface area contributed by atoms with Gasteiger partial charge < -0.3 is 10.0 Å². The van der Waals surface area contributed by atoms with Crippen LogP contribution in [-0.4, -0.2) is 60.9 Å². The standard InChI is InChI=1S/C13H21N3O3S/c1-15(2)12-4-3-7-16(9-12)20(18,19)13-6-5-11(10-17)8-14-13/h5-6,8,12,17H,3-4,7,9-10H2,1-2H3. The van der Waals surface area contributed by atoms with Gasteiger partial charge in [0.25, 0.3) is 10.0 Å². The Labute approximate surface area is 120 Å². The van der Waals surface area contributed by atoms with Gasteiger partial charge in [0.15, 0.2) is 5.03 Å². The average Bonchev–Trinajstić information content (AvgIpc) is 2.47. The first-order chi connectivity index (χ1) is 9.45. The third-order valence-electron chi connectivity index (χ3n) is 3.67. The zero-order chi connectivity index (χ0) is 14.8. The molecule has 0 saturated carbocycles. The monoisotopic (exact) mass is 299 g/mol. The summed E-state index contributed by atoms with van der Waals surface area (Å²) in [5.74, 6) is 0. The third kappa shape index (κ3) is 3.17. The maximum atomic E-state index is 12.5. The number of hydrogen-bond acceptors (Lipinski definition) is 5. The lowest BCUT2D eigenvalue weighted by atomic mass is 10.1. The fraction of sp³-hybridized carbons (Fsp3) is 0.615. The van der Waals surface area contributed by atoms with Crippen LogP contribution in [0.4, 0.5) is 0 Å². The van der Waals surface area contributed by atoms with E-state index in [1.807, 2.05) is 14.1 Å². The molecular formula is C13H21N3O3S. The third-order valence-corrected chi connectivity index (χ3v) is 5.46. The van der Waals surface area contributed by atoms with E-state index in [9.17, 15) is 8.42 Å². The Balaban J connectivity index is 2.20. The molecule has 1 aromatic heterocycles. The van der Waals surface area contributed by atoms with E-state index in [-0.39, 0.29) is 17.7 Å². The smallest absolute Gasteiger partial charge is 0.260 e. The van der Waals surface area contributed by atoms with Crippen molar-refractivity contribution in [3.8, 4) is 0 Å². The summed E-state index contributed by atoms with van der Waals surface area (Å²) in [5.41, 5.74) is 0.605. The molecule has 0 spiro atoms. The van der Waals surface area contributed by atoms with E-state index < -0.39 is 10.0 Å². The van der Waals surface area contributed by atoms with Crippen molar-refractivity contribution in [2.24, 2.45) is 0 Å². The molecule has 1 fully saturated rings. The van der Waals surface area contributed by atoms with Crippen molar-refractivity contribution in [2.75, 3.05) is 27.2 Å². The number of nitrogens with zero attached hydrogens (tertiary/aromatic N) is 3. The van der Waals surface area contributed by atoms with E-state index in [0.29, 0.717) is 18.7 Å². The van der Waals surface area contributed by atoms with Gasteiger partial charge in [0.1, 0.15) is 0 Å². The summed E-state index contributed by atoms with van der Waals surface area (Å²) >= 11 is 0. The topological polar surface area (TPSA) is 73.7 Å². The maximum Gasteiger partial charge on any atom is 0.260 e. The summed E-state index contributed by atoms with van der Waals surface area (Å²) < 4.78 is 26.6. The van der Waals surface area contributed by atoms with Crippen LogP contribution in [-0.2, 0) is 16.6 Å². The number of pyridine rings is 1. The van der Waals surface area contributed by atoms with E-state index in [1.165, 1.54) is 16.6 Å². The van der Waals surface area contributed by atoms with Crippen LogP contribution in [0.25, 0.3) is 0 Å². The minimum absolute atomic E-state index is 0.0501. The molecule has 1 unspecified atom stereocenters. The van der Waals surface area contributed by atoms with Gasteiger partial charge in [-0.1, -0.05) is 6.07 Å². The second-order valence-electron chi connectivity index (χ2n) is 5.29. The normalized spacial score (nSPS) is 21.3. The quantitative estimate of drug-likeness (QED) is 0.865. The summed E-state index contributed by atoms with van der Waals surface area (Å²) in [6, 6.07) is 3.29. The first-order valence-electron chi connectivity index (χ1n) is 6.67. The number of sulfonamides is 1. The summed E-state index contributed by atoms with van der Waals surface area (Å²) in [4.78, 5) is 6.02. The summed E-state index contributed by atoms with van der Waals surface area (Å²) in [6.45, 7) is 0.897.